The Kier molecular flexibility index (Phi) is 24.2. The van der Waals surface area contributed by atoms with Crippen LogP contribution in [0.2, 0.25) is 0 Å². The van der Waals surface area contributed by atoms with Crippen molar-refractivity contribution in [3.8, 4) is 17.2 Å². The molecule has 3 aromatic rings. The Hall–Kier alpha value is -8.04. The fraction of sp³-hybridized carbons (Fsp3) is 0.571. The summed E-state index contributed by atoms with van der Waals surface area (Å²) in [5.74, 6) is -0.105. The van der Waals surface area contributed by atoms with Gasteiger partial charge in [-0.25, -0.2) is 22.8 Å². The second-order valence-electron chi connectivity index (χ2n) is 25.4. The number of likely N-dealkylation sites (N-methyl/N-ethyl adjacent to an activating group) is 3. The van der Waals surface area contributed by atoms with E-state index in [1.807, 2.05) is 0 Å². The van der Waals surface area contributed by atoms with Gasteiger partial charge in [0, 0.05) is 70.0 Å². The highest BCUT2D eigenvalue weighted by molar-refractivity contribution is 7.90. The molecule has 2 fully saturated rings. The molecule has 0 aliphatic carbocycles. The number of fused-ring (bicyclic) bond motifs is 3. The van der Waals surface area contributed by atoms with E-state index in [0.29, 0.717) is 83.7 Å². The molecule has 0 spiro atoms. The summed E-state index contributed by atoms with van der Waals surface area (Å²) in [5, 5.41) is 7.64. The Balaban J connectivity index is 0.000000215. The quantitative estimate of drug-likeness (QED) is 0.117. The lowest BCUT2D eigenvalue weighted by Gasteiger charge is -2.27. The van der Waals surface area contributed by atoms with Crippen LogP contribution >= 0.6 is 0 Å². The summed E-state index contributed by atoms with van der Waals surface area (Å²) in [4.78, 5) is 121. The molecule has 26 nitrogen and oxygen atoms in total. The predicted molar refractivity (Wildman–Crippen MR) is 335 cm³/mol. The molecule has 8 rings (SSSR count). The molecule has 494 valence electrons. The molecule has 90 heavy (non-hydrogen) atoms. The van der Waals surface area contributed by atoms with Gasteiger partial charge in [-0.15, -0.1) is 0 Å². The second-order valence-corrected chi connectivity index (χ2v) is 27.7. The maximum Gasteiger partial charge on any atom is 0.408 e. The Bertz CT molecular complexity index is 3230. The van der Waals surface area contributed by atoms with Crippen LogP contribution in [-0.4, -0.2) is 206 Å². The summed E-state index contributed by atoms with van der Waals surface area (Å²) >= 11 is 0. The number of Topliss-reactive ketones (excluding diaryl/α,β-unsaturated/α-hetero) is 2. The monoisotopic (exact) mass is 1280 g/mol. The van der Waals surface area contributed by atoms with Gasteiger partial charge in [0.05, 0.1) is 36.0 Å². The van der Waals surface area contributed by atoms with Crippen molar-refractivity contribution in [1.82, 2.24) is 25.8 Å². The van der Waals surface area contributed by atoms with Gasteiger partial charge in [0.25, 0.3) is 23.6 Å². The van der Waals surface area contributed by atoms with Crippen LogP contribution in [0.25, 0.3) is 0 Å². The smallest absolute Gasteiger partial charge is 0.408 e. The van der Waals surface area contributed by atoms with Gasteiger partial charge < -0.3 is 73.6 Å². The largest absolute Gasteiger partial charge is 0.489 e. The lowest BCUT2D eigenvalue weighted by molar-refractivity contribution is -0.121. The fourth-order valence-corrected chi connectivity index (χ4v) is 10.5. The Labute approximate surface area is 526 Å². The molecule has 5 heterocycles. The molecule has 5 aliphatic rings. The van der Waals surface area contributed by atoms with Gasteiger partial charge >= 0.3 is 18.3 Å². The van der Waals surface area contributed by atoms with Crippen molar-refractivity contribution < 1.29 is 84.7 Å². The van der Waals surface area contributed by atoms with Crippen molar-refractivity contribution in [2.24, 2.45) is 0 Å². The van der Waals surface area contributed by atoms with Gasteiger partial charge in [-0.05, 0) is 162 Å². The molecule has 3 atom stereocenters. The third-order valence-corrected chi connectivity index (χ3v) is 15.4. The number of alkyl carbamates (subject to hydrolysis) is 3. The standard InChI is InChI=1S/C23H33N3O5.C20H27N3O6.C20H28N2O7S/c1-23(2,3)31-22(29)24-17-15-30-20-10-9-16(14-18(20)25(4)21(17)28)19(27)8-7-13-26-11-5-6-12-26;1-20(2,3)29-19(26)21-14-12-28-16-6-5-13(11-15(16)22(4)18(14)25)17(24)23-7-9-27-10-8-23;1-20(2,3)29-19(25)21-14-12-28-17-9-8-13(11-15(17)22(4)18(14)24)16(23)7-6-10-30(5,26)27/h9-10,14,17H,5-8,11-13,15H2,1-4H3,(H,24,29);5-6,11,14H,7-10,12H2,1-4H3,(H,21,26);8-9,11,14H,6-7,10,12H2,1-5H3,(H,21,25)/t17-;2*14-/m000/s1. The Morgan fingerprint density at radius 1 is 0.522 bits per heavy atom. The van der Waals surface area contributed by atoms with Crippen LogP contribution < -0.4 is 44.9 Å². The summed E-state index contributed by atoms with van der Waals surface area (Å²) in [6, 6.07) is 12.1. The zero-order valence-corrected chi connectivity index (χ0v) is 54.8. The molecule has 3 aromatic carbocycles. The lowest BCUT2D eigenvalue weighted by Crippen LogP contribution is -2.50. The van der Waals surface area contributed by atoms with Crippen molar-refractivity contribution in [3.05, 3.63) is 71.3 Å². The molecule has 0 radical (unpaired) electrons. The minimum absolute atomic E-state index is 0.0153. The molecular weight excluding hydrogens is 1190 g/mol. The number of carbonyl (C=O) groups excluding carboxylic acids is 9. The number of anilines is 3. The number of rotatable bonds is 14. The summed E-state index contributed by atoms with van der Waals surface area (Å²) in [6.07, 6.45) is 3.09. The zero-order valence-electron chi connectivity index (χ0n) is 53.9. The molecular formula is C63H88N8O18S. The zero-order chi connectivity index (χ0) is 66.5. The van der Waals surface area contributed by atoms with E-state index >= 15 is 0 Å². The fourth-order valence-electron chi connectivity index (χ4n) is 9.84. The number of likely N-dealkylation sites (tertiary alicyclic amines) is 1. The average molecular weight is 1280 g/mol. The number of morpholine rings is 1. The lowest BCUT2D eigenvalue weighted by atomic mass is 10.0. The van der Waals surface area contributed by atoms with Crippen LogP contribution in [-0.2, 0) is 43.2 Å². The van der Waals surface area contributed by atoms with E-state index in [9.17, 15) is 51.6 Å². The number of hydrogen-bond acceptors (Lipinski definition) is 19. The number of ether oxygens (including phenoxy) is 7. The normalized spacial score (nSPS) is 18.7. The van der Waals surface area contributed by atoms with Gasteiger partial charge in [-0.3, -0.25) is 28.8 Å². The van der Waals surface area contributed by atoms with Crippen molar-refractivity contribution in [2.75, 3.05) is 114 Å². The number of carbonyl (C=O) groups is 9. The molecule has 7 amide bonds. The third kappa shape index (κ3) is 21.3. The number of hydrogen-bond donors (Lipinski definition) is 3. The predicted octanol–water partition coefficient (Wildman–Crippen LogP) is 6.34. The van der Waals surface area contributed by atoms with Gasteiger partial charge in [-0.2, -0.15) is 0 Å². The Morgan fingerprint density at radius 3 is 1.22 bits per heavy atom. The van der Waals surface area contributed by atoms with Crippen LogP contribution in [0.15, 0.2) is 54.6 Å². The molecule has 0 bridgehead atoms. The van der Waals surface area contributed by atoms with E-state index in [0.717, 1.165) is 32.3 Å². The topological polar surface area (TPSA) is 305 Å². The van der Waals surface area contributed by atoms with E-state index in [-0.39, 0.29) is 67.7 Å². The maximum atomic E-state index is 12.9. The number of sulfone groups is 1. The minimum Gasteiger partial charge on any atom is -0.489 e. The van der Waals surface area contributed by atoms with Crippen LogP contribution in [0, 0.1) is 0 Å². The van der Waals surface area contributed by atoms with Crippen molar-refractivity contribution in [2.45, 2.75) is 136 Å². The average Bonchev–Trinajstić information content (AvgIpc) is 1.74. The molecule has 27 heteroatoms. The van der Waals surface area contributed by atoms with E-state index in [1.165, 1.54) is 40.7 Å². The minimum atomic E-state index is -3.13. The number of ketones is 2. The van der Waals surface area contributed by atoms with E-state index < -0.39 is 69.0 Å². The molecule has 5 aliphatic heterocycles. The molecule has 0 unspecified atom stereocenters. The van der Waals surface area contributed by atoms with Gasteiger partial charge in [0.15, 0.2) is 11.6 Å². The molecule has 0 aromatic heterocycles. The summed E-state index contributed by atoms with van der Waals surface area (Å²) in [6.45, 7) is 20.8. The van der Waals surface area contributed by atoms with Crippen LogP contribution in [0.5, 0.6) is 17.2 Å². The van der Waals surface area contributed by atoms with Crippen molar-refractivity contribution in [1.29, 1.82) is 0 Å². The van der Waals surface area contributed by atoms with Crippen LogP contribution in [0.1, 0.15) is 132 Å². The highest BCUT2D eigenvalue weighted by Gasteiger charge is 2.36. The van der Waals surface area contributed by atoms with Gasteiger partial charge in [0.1, 0.15) is 81.8 Å². The number of benzene rings is 3. The second kappa shape index (κ2) is 30.6. The summed E-state index contributed by atoms with van der Waals surface area (Å²) < 4.78 is 60.6. The van der Waals surface area contributed by atoms with Crippen LogP contribution in [0.4, 0.5) is 31.4 Å². The van der Waals surface area contributed by atoms with Gasteiger partial charge in [-0.1, -0.05) is 0 Å². The first-order valence-electron chi connectivity index (χ1n) is 30.0. The first-order chi connectivity index (χ1) is 42.1. The number of amides is 7. The third-order valence-electron chi connectivity index (χ3n) is 14.3. The van der Waals surface area contributed by atoms with E-state index in [2.05, 4.69) is 20.9 Å². The van der Waals surface area contributed by atoms with Gasteiger partial charge in [0.2, 0.25) is 0 Å². The first-order valence-corrected chi connectivity index (χ1v) is 32.1. The summed E-state index contributed by atoms with van der Waals surface area (Å²) in [7, 11) is 1.59. The number of nitrogens with zero attached hydrogens (tertiary/aromatic N) is 5. The SMILES string of the molecule is CN1C(=O)[C@@H](NC(=O)OC(C)(C)C)COc2ccc(C(=O)CCCN3CCCC3)cc21.CN1C(=O)[C@@H](NC(=O)OC(C)(C)C)COc2ccc(C(=O)CCCS(C)(=O)=O)cc21.CN1C(=O)[C@@H](NC(=O)OC(C)(C)C)COc2ccc(C(=O)N3CCOCC3)cc21. The maximum absolute atomic E-state index is 12.9. The highest BCUT2D eigenvalue weighted by atomic mass is 32.2. The molecule has 0 saturated carbocycles. The Morgan fingerprint density at radius 2 is 0.867 bits per heavy atom. The van der Waals surface area contributed by atoms with Crippen molar-refractivity contribution >= 4 is 80.4 Å². The molecule has 2 saturated heterocycles. The van der Waals surface area contributed by atoms with Crippen molar-refractivity contribution in [3.63, 3.8) is 0 Å². The van der Waals surface area contributed by atoms with E-state index in [1.54, 1.807) is 130 Å². The molecule has 3 N–H and O–H groups in total. The van der Waals surface area contributed by atoms with Crippen LogP contribution in [0.3, 0.4) is 0 Å². The first kappa shape index (κ1) is 71.0. The summed E-state index contributed by atoms with van der Waals surface area (Å²) in [5.41, 5.74) is 0.701. The highest BCUT2D eigenvalue weighted by Crippen LogP contribution is 2.35. The number of nitrogens with one attached hydrogen (secondary N) is 3. The van der Waals surface area contributed by atoms with E-state index in [4.69, 9.17) is 33.2 Å².